The first-order chi connectivity index (χ1) is 23.5. The van der Waals surface area contributed by atoms with Crippen molar-refractivity contribution in [2.45, 2.75) is 102 Å². The first kappa shape index (κ1) is 35.7. The van der Waals surface area contributed by atoms with Gasteiger partial charge < -0.3 is 39.0 Å². The molecular weight excluding hydrogens is 648 g/mol. The van der Waals surface area contributed by atoms with E-state index in [-0.39, 0.29) is 41.7 Å². The Kier molecular flexibility index (Phi) is 8.99. The van der Waals surface area contributed by atoms with Gasteiger partial charge in [-0.15, -0.1) is 0 Å². The maximum Gasteiger partial charge on any atom is 0.338 e. The van der Waals surface area contributed by atoms with Crippen molar-refractivity contribution in [3.63, 3.8) is 0 Å². The Hall–Kier alpha value is -4.10. The minimum Gasteiger partial charge on any atom is -0.462 e. The van der Waals surface area contributed by atoms with E-state index in [1.165, 1.54) is 27.7 Å². The summed E-state index contributed by atoms with van der Waals surface area (Å²) >= 11 is 0. The summed E-state index contributed by atoms with van der Waals surface area (Å²) in [7, 11) is 0. The first-order valence-corrected chi connectivity index (χ1v) is 16.8. The number of rotatable bonds is 7. The van der Waals surface area contributed by atoms with Crippen LogP contribution in [-0.2, 0) is 33.3 Å². The number of carbonyl (C=O) groups excluding carboxylic acids is 4. The van der Waals surface area contributed by atoms with Gasteiger partial charge in [-0.25, -0.2) is 9.59 Å². The van der Waals surface area contributed by atoms with Crippen molar-refractivity contribution in [1.29, 1.82) is 0 Å². The molecule has 50 heavy (non-hydrogen) atoms. The lowest BCUT2D eigenvalue weighted by Crippen LogP contribution is -2.79. The highest BCUT2D eigenvalue weighted by molar-refractivity contribution is 5.90. The summed E-state index contributed by atoms with van der Waals surface area (Å²) in [6, 6.07) is 16.3. The predicted octanol–water partition coefficient (Wildman–Crippen LogP) is 3.31. The van der Waals surface area contributed by atoms with Gasteiger partial charge in [0, 0.05) is 20.3 Å². The van der Waals surface area contributed by atoms with Gasteiger partial charge >= 0.3 is 23.9 Å². The van der Waals surface area contributed by atoms with Crippen LogP contribution in [-0.4, -0.2) is 93.6 Å². The Balaban J connectivity index is 1.69. The Morgan fingerprint density at radius 2 is 1.38 bits per heavy atom. The van der Waals surface area contributed by atoms with Crippen LogP contribution in [0, 0.1) is 16.7 Å². The Bertz CT molecular complexity index is 1700. The fourth-order valence-electron chi connectivity index (χ4n) is 9.29. The van der Waals surface area contributed by atoms with Crippen LogP contribution in [0.15, 0.2) is 71.8 Å². The van der Waals surface area contributed by atoms with Crippen molar-refractivity contribution >= 4 is 23.9 Å². The van der Waals surface area contributed by atoms with Crippen molar-refractivity contribution in [1.82, 2.24) is 0 Å². The molecule has 12 heteroatoms. The van der Waals surface area contributed by atoms with Crippen molar-refractivity contribution < 1.29 is 58.2 Å². The summed E-state index contributed by atoms with van der Waals surface area (Å²) in [6.07, 6.45) is -8.27. The van der Waals surface area contributed by atoms with Crippen LogP contribution in [0.2, 0.25) is 0 Å². The first-order valence-electron chi connectivity index (χ1n) is 16.8. The lowest BCUT2D eigenvalue weighted by molar-refractivity contribution is -0.351. The molecular formula is C38H44O12. The van der Waals surface area contributed by atoms with E-state index in [2.05, 4.69) is 0 Å². The fraction of sp³-hybridized carbons (Fsp3) is 0.526. The van der Waals surface area contributed by atoms with Crippen LogP contribution in [0.1, 0.15) is 75.1 Å². The monoisotopic (exact) mass is 692 g/mol. The van der Waals surface area contributed by atoms with Gasteiger partial charge in [0.15, 0.2) is 5.60 Å². The highest BCUT2D eigenvalue weighted by Gasteiger charge is 2.80. The lowest BCUT2D eigenvalue weighted by Gasteiger charge is -2.65. The number of esters is 4. The van der Waals surface area contributed by atoms with Crippen molar-refractivity contribution in [3.8, 4) is 0 Å². The zero-order chi connectivity index (χ0) is 36.4. The largest absolute Gasteiger partial charge is 0.462 e. The molecule has 1 aliphatic heterocycles. The zero-order valence-electron chi connectivity index (χ0n) is 29.0. The van der Waals surface area contributed by atoms with Crippen molar-refractivity contribution in [3.05, 3.63) is 82.9 Å². The van der Waals surface area contributed by atoms with E-state index < -0.39 is 88.5 Å². The minimum atomic E-state index is -1.84. The van der Waals surface area contributed by atoms with Gasteiger partial charge in [0.2, 0.25) is 0 Å². The van der Waals surface area contributed by atoms with Crippen LogP contribution >= 0.6 is 0 Å². The maximum atomic E-state index is 14.2. The predicted molar refractivity (Wildman–Crippen MR) is 175 cm³/mol. The Morgan fingerprint density at radius 1 is 0.840 bits per heavy atom. The van der Waals surface area contributed by atoms with Crippen LogP contribution in [0.3, 0.4) is 0 Å². The summed E-state index contributed by atoms with van der Waals surface area (Å²) in [5.74, 6) is -4.22. The third-order valence-electron chi connectivity index (χ3n) is 11.5. The molecule has 6 rings (SSSR count). The maximum absolute atomic E-state index is 14.2. The molecule has 0 amide bonds. The molecule has 2 aromatic carbocycles. The molecule has 2 aromatic rings. The molecule has 0 aromatic heterocycles. The third kappa shape index (κ3) is 5.35. The second-order valence-corrected chi connectivity index (χ2v) is 14.7. The number of hydrogen-bond acceptors (Lipinski definition) is 12. The van der Waals surface area contributed by atoms with E-state index in [9.17, 15) is 34.5 Å². The molecule has 2 saturated carbocycles. The lowest BCUT2D eigenvalue weighted by atomic mass is 9.49. The van der Waals surface area contributed by atoms with E-state index in [1.54, 1.807) is 74.5 Å². The smallest absolute Gasteiger partial charge is 0.338 e. The summed E-state index contributed by atoms with van der Waals surface area (Å²) in [4.78, 5) is 53.9. The highest BCUT2D eigenvalue weighted by Crippen LogP contribution is 2.68. The van der Waals surface area contributed by atoms with E-state index in [4.69, 9.17) is 23.7 Å². The molecule has 3 fully saturated rings. The van der Waals surface area contributed by atoms with Crippen molar-refractivity contribution in [2.24, 2.45) is 16.7 Å². The van der Waals surface area contributed by atoms with Crippen LogP contribution in [0.25, 0.3) is 0 Å². The number of aliphatic hydroxyl groups excluding tert-OH is 2. The Morgan fingerprint density at radius 3 is 1.84 bits per heavy atom. The quantitative estimate of drug-likeness (QED) is 0.220. The SMILES string of the molecule is CC(=O)OC1CC2OC[C@@]2(OC(C)=O)[C@H]2C(OC(=O)c3ccccc3)[C@@]3(C(C)(C)O)CC(O)C(C)=C3C(O)C(OC(=O)c3ccccc3)[C@]12C. The third-order valence-corrected chi connectivity index (χ3v) is 11.5. The molecule has 3 N–H and O–H groups in total. The molecule has 1 saturated heterocycles. The normalized spacial score (nSPS) is 36.1. The van der Waals surface area contributed by atoms with E-state index >= 15 is 0 Å². The van der Waals surface area contributed by atoms with E-state index in [0.29, 0.717) is 0 Å². The standard InChI is InChI=1S/C38H44O12/c1-20-25(41)18-37(35(4,5)45)28(20)29(42)31(48-33(43)23-13-9-7-10-14-23)36(6)26(47-21(2)39)17-27-38(19-46-27,50-22(3)40)30(36)32(37)49-34(44)24-15-11-8-12-16-24/h7-16,25-27,29-32,41-42,45H,17-19H2,1-6H3/t25?,26?,27?,29?,30-,31?,32?,36+,37+,38-/m0/s1. The molecule has 12 nitrogen and oxygen atoms in total. The summed E-state index contributed by atoms with van der Waals surface area (Å²) in [5.41, 5.74) is -6.11. The number of ether oxygens (including phenoxy) is 5. The molecule has 3 aliphatic carbocycles. The van der Waals surface area contributed by atoms with Gasteiger partial charge in [0.25, 0.3) is 0 Å². The average Bonchev–Trinajstić information content (AvgIpc) is 3.30. The summed E-state index contributed by atoms with van der Waals surface area (Å²) in [6.45, 7) is 8.48. The second kappa shape index (κ2) is 12.6. The number of fused-ring (bicyclic) bond motifs is 4. The Labute approximate surface area is 290 Å². The van der Waals surface area contributed by atoms with Gasteiger partial charge in [0.05, 0.1) is 46.2 Å². The molecule has 0 radical (unpaired) electrons. The molecule has 0 spiro atoms. The molecule has 4 aliphatic rings. The summed E-state index contributed by atoms with van der Waals surface area (Å²) < 4.78 is 31.0. The topological polar surface area (TPSA) is 175 Å². The zero-order valence-corrected chi connectivity index (χ0v) is 29.0. The van der Waals surface area contributed by atoms with Crippen molar-refractivity contribution in [2.75, 3.05) is 6.61 Å². The summed E-state index contributed by atoms with van der Waals surface area (Å²) in [5, 5.41) is 36.6. The molecule has 1 heterocycles. The minimum absolute atomic E-state index is 0.0263. The molecule has 0 bridgehead atoms. The van der Waals surface area contributed by atoms with Gasteiger partial charge in [0.1, 0.15) is 30.5 Å². The van der Waals surface area contributed by atoms with Crippen LogP contribution in [0.5, 0.6) is 0 Å². The molecule has 10 atom stereocenters. The second-order valence-electron chi connectivity index (χ2n) is 14.7. The van der Waals surface area contributed by atoms with Gasteiger partial charge in [-0.2, -0.15) is 0 Å². The van der Waals surface area contributed by atoms with Gasteiger partial charge in [-0.05, 0) is 62.6 Å². The molecule has 268 valence electrons. The van der Waals surface area contributed by atoms with Crippen LogP contribution < -0.4 is 0 Å². The number of carbonyl (C=O) groups is 4. The van der Waals surface area contributed by atoms with Crippen LogP contribution in [0.4, 0.5) is 0 Å². The van der Waals surface area contributed by atoms with E-state index in [0.717, 1.165) is 0 Å². The van der Waals surface area contributed by atoms with Gasteiger partial charge in [-0.1, -0.05) is 43.3 Å². The number of aliphatic hydroxyl groups is 3. The fourth-order valence-corrected chi connectivity index (χ4v) is 9.29. The number of benzene rings is 2. The highest BCUT2D eigenvalue weighted by atomic mass is 16.6. The van der Waals surface area contributed by atoms with E-state index in [1.807, 2.05) is 0 Å². The molecule has 6 unspecified atom stereocenters. The average molecular weight is 693 g/mol. The number of hydrogen-bond donors (Lipinski definition) is 3. The van der Waals surface area contributed by atoms with Gasteiger partial charge in [-0.3, -0.25) is 9.59 Å².